The van der Waals surface area contributed by atoms with Crippen molar-refractivity contribution < 1.29 is 4.79 Å². The highest BCUT2D eigenvalue weighted by atomic mass is 16.2. The topological polar surface area (TPSA) is 46.9 Å². The minimum Gasteiger partial charge on any atom is -0.324 e. The van der Waals surface area contributed by atoms with Crippen molar-refractivity contribution in [2.75, 3.05) is 5.32 Å². The van der Waals surface area contributed by atoms with Gasteiger partial charge >= 0.3 is 0 Å². The lowest BCUT2D eigenvalue weighted by molar-refractivity contribution is -0.116. The molecule has 3 rings (SSSR count). The number of benzene rings is 2. The molecule has 0 saturated carbocycles. The average Bonchev–Trinajstić information content (AvgIpc) is 2.99. The fourth-order valence-electron chi connectivity index (χ4n) is 2.28. The molecule has 4 nitrogen and oxygen atoms in total. The largest absolute Gasteiger partial charge is 0.324 e. The smallest absolute Gasteiger partial charge is 0.246 e. The van der Waals surface area contributed by atoms with Crippen LogP contribution in [0, 0.1) is 6.92 Å². The second-order valence-corrected chi connectivity index (χ2v) is 5.16. The van der Waals surface area contributed by atoms with Crippen molar-refractivity contribution >= 4 is 11.6 Å². The molecule has 3 aromatic rings. The van der Waals surface area contributed by atoms with Gasteiger partial charge in [0.2, 0.25) is 5.91 Å². The summed E-state index contributed by atoms with van der Waals surface area (Å²) in [4.78, 5) is 12.1. The molecule has 0 unspecified atom stereocenters. The predicted octanol–water partition coefficient (Wildman–Crippen LogP) is 3.50. The Morgan fingerprint density at radius 3 is 2.55 bits per heavy atom. The maximum atomic E-state index is 12.1. The predicted molar refractivity (Wildman–Crippen MR) is 87.5 cm³/mol. The molecular formula is C18H17N3O. The number of hydrogen-bond acceptors (Lipinski definition) is 2. The van der Waals surface area contributed by atoms with Crippen molar-refractivity contribution in [3.8, 4) is 11.1 Å². The summed E-state index contributed by atoms with van der Waals surface area (Å²) in [6, 6.07) is 17.7. The number of aromatic nitrogens is 2. The Hall–Kier alpha value is -2.88. The molecule has 1 amide bonds. The highest BCUT2D eigenvalue weighted by Gasteiger charge is 2.07. The molecule has 0 fully saturated rings. The summed E-state index contributed by atoms with van der Waals surface area (Å²) < 4.78 is 1.65. The maximum Gasteiger partial charge on any atom is 0.246 e. The third kappa shape index (κ3) is 3.23. The molecule has 1 N–H and O–H groups in total. The highest BCUT2D eigenvalue weighted by molar-refractivity contribution is 5.91. The summed E-state index contributed by atoms with van der Waals surface area (Å²) in [5.41, 5.74) is 3.97. The molecule has 2 aromatic carbocycles. The summed E-state index contributed by atoms with van der Waals surface area (Å²) in [7, 11) is 0. The number of hydrogen-bond donors (Lipinski definition) is 1. The van der Waals surface area contributed by atoms with Gasteiger partial charge in [-0.05, 0) is 24.1 Å². The molecule has 0 bridgehead atoms. The second-order valence-electron chi connectivity index (χ2n) is 5.16. The van der Waals surface area contributed by atoms with E-state index in [-0.39, 0.29) is 12.5 Å². The van der Waals surface area contributed by atoms with Gasteiger partial charge in [0.15, 0.2) is 0 Å². The van der Waals surface area contributed by atoms with Gasteiger partial charge in [-0.1, -0.05) is 48.5 Å². The Labute approximate surface area is 129 Å². The molecule has 0 aliphatic heterocycles. The number of carbonyl (C=O) groups is 1. The number of anilines is 1. The SMILES string of the molecule is Cc1ccccc1NC(=O)Cn1cc(-c2ccccc2)cn1. The molecule has 0 atom stereocenters. The number of rotatable bonds is 4. The molecule has 22 heavy (non-hydrogen) atoms. The monoisotopic (exact) mass is 291 g/mol. The normalized spacial score (nSPS) is 10.4. The van der Waals surface area contributed by atoms with Crippen molar-refractivity contribution in [3.05, 3.63) is 72.6 Å². The molecule has 0 spiro atoms. The second kappa shape index (κ2) is 6.26. The lowest BCUT2D eigenvalue weighted by Gasteiger charge is -2.07. The molecule has 0 aliphatic rings. The van der Waals surface area contributed by atoms with Crippen LogP contribution in [0.2, 0.25) is 0 Å². The van der Waals surface area contributed by atoms with Crippen LogP contribution in [0.1, 0.15) is 5.56 Å². The van der Waals surface area contributed by atoms with Crippen LogP contribution in [-0.2, 0) is 11.3 Å². The van der Waals surface area contributed by atoms with E-state index in [1.54, 1.807) is 10.9 Å². The Kier molecular flexibility index (Phi) is 4.01. The van der Waals surface area contributed by atoms with E-state index in [0.29, 0.717) is 0 Å². The third-order valence-corrected chi connectivity index (χ3v) is 3.47. The summed E-state index contributed by atoms with van der Waals surface area (Å²) in [5, 5.41) is 7.16. The van der Waals surface area contributed by atoms with Crippen LogP contribution < -0.4 is 5.32 Å². The highest BCUT2D eigenvalue weighted by Crippen LogP contribution is 2.18. The van der Waals surface area contributed by atoms with Crippen molar-refractivity contribution in [1.29, 1.82) is 0 Å². The first kappa shape index (κ1) is 14.1. The zero-order chi connectivity index (χ0) is 15.4. The number of amides is 1. The Bertz CT molecular complexity index is 778. The first-order valence-corrected chi connectivity index (χ1v) is 7.16. The molecule has 1 aromatic heterocycles. The van der Waals surface area contributed by atoms with E-state index in [2.05, 4.69) is 10.4 Å². The van der Waals surface area contributed by atoms with Crippen LogP contribution in [0.3, 0.4) is 0 Å². The Morgan fingerprint density at radius 2 is 1.77 bits per heavy atom. The summed E-state index contributed by atoms with van der Waals surface area (Å²) >= 11 is 0. The van der Waals surface area contributed by atoms with E-state index < -0.39 is 0 Å². The van der Waals surface area contributed by atoms with E-state index in [0.717, 1.165) is 22.4 Å². The first-order chi connectivity index (χ1) is 10.7. The number of nitrogens with zero attached hydrogens (tertiary/aromatic N) is 2. The molecule has 0 radical (unpaired) electrons. The number of nitrogens with one attached hydrogen (secondary N) is 1. The number of para-hydroxylation sites is 1. The number of aryl methyl sites for hydroxylation is 1. The standard InChI is InChI=1S/C18H17N3O/c1-14-7-5-6-10-17(14)20-18(22)13-21-12-16(11-19-21)15-8-3-2-4-9-15/h2-12H,13H2,1H3,(H,20,22). The minimum atomic E-state index is -0.0861. The lowest BCUT2D eigenvalue weighted by atomic mass is 10.1. The van der Waals surface area contributed by atoms with Crippen LogP contribution in [-0.4, -0.2) is 15.7 Å². The molecular weight excluding hydrogens is 274 g/mol. The van der Waals surface area contributed by atoms with Gasteiger partial charge in [0.05, 0.1) is 6.20 Å². The van der Waals surface area contributed by atoms with Crippen LogP contribution >= 0.6 is 0 Å². The van der Waals surface area contributed by atoms with Gasteiger partial charge in [-0.25, -0.2) is 0 Å². The Balaban J connectivity index is 1.68. The molecule has 4 heteroatoms. The summed E-state index contributed by atoms with van der Waals surface area (Å²) in [6.07, 6.45) is 3.66. The van der Waals surface area contributed by atoms with Crippen LogP contribution in [0.25, 0.3) is 11.1 Å². The van der Waals surface area contributed by atoms with Gasteiger partial charge in [0.1, 0.15) is 6.54 Å². The van der Waals surface area contributed by atoms with Crippen LogP contribution in [0.5, 0.6) is 0 Å². The van der Waals surface area contributed by atoms with Gasteiger partial charge < -0.3 is 5.32 Å². The van der Waals surface area contributed by atoms with Gasteiger partial charge in [0, 0.05) is 17.4 Å². The fourth-order valence-corrected chi connectivity index (χ4v) is 2.28. The van der Waals surface area contributed by atoms with Gasteiger partial charge in [-0.3, -0.25) is 9.48 Å². The van der Waals surface area contributed by atoms with Crippen molar-refractivity contribution in [2.45, 2.75) is 13.5 Å². The van der Waals surface area contributed by atoms with E-state index >= 15 is 0 Å². The van der Waals surface area contributed by atoms with Crippen molar-refractivity contribution in [2.24, 2.45) is 0 Å². The summed E-state index contributed by atoms with van der Waals surface area (Å²) in [5.74, 6) is -0.0861. The van der Waals surface area contributed by atoms with Gasteiger partial charge in [-0.2, -0.15) is 5.10 Å². The van der Waals surface area contributed by atoms with E-state index in [9.17, 15) is 4.79 Å². The van der Waals surface area contributed by atoms with E-state index in [4.69, 9.17) is 0 Å². The van der Waals surface area contributed by atoms with E-state index in [1.807, 2.05) is 67.7 Å². The fraction of sp³-hybridized carbons (Fsp3) is 0.111. The molecule has 0 saturated heterocycles. The molecule has 110 valence electrons. The van der Waals surface area contributed by atoms with Gasteiger partial charge in [0.25, 0.3) is 0 Å². The molecule has 0 aliphatic carbocycles. The zero-order valence-electron chi connectivity index (χ0n) is 12.4. The first-order valence-electron chi connectivity index (χ1n) is 7.16. The minimum absolute atomic E-state index is 0.0861. The summed E-state index contributed by atoms with van der Waals surface area (Å²) in [6.45, 7) is 2.16. The lowest BCUT2D eigenvalue weighted by Crippen LogP contribution is -2.19. The third-order valence-electron chi connectivity index (χ3n) is 3.47. The van der Waals surface area contributed by atoms with Crippen molar-refractivity contribution in [3.63, 3.8) is 0 Å². The van der Waals surface area contributed by atoms with E-state index in [1.165, 1.54) is 0 Å². The van der Waals surface area contributed by atoms with Crippen molar-refractivity contribution in [1.82, 2.24) is 9.78 Å². The quantitative estimate of drug-likeness (QED) is 0.799. The van der Waals surface area contributed by atoms with Crippen LogP contribution in [0.15, 0.2) is 67.0 Å². The number of carbonyl (C=O) groups excluding carboxylic acids is 1. The average molecular weight is 291 g/mol. The molecule has 1 heterocycles. The van der Waals surface area contributed by atoms with Gasteiger partial charge in [-0.15, -0.1) is 0 Å². The zero-order valence-corrected chi connectivity index (χ0v) is 12.4. The van der Waals surface area contributed by atoms with Crippen LogP contribution in [0.4, 0.5) is 5.69 Å². The Morgan fingerprint density at radius 1 is 1.05 bits per heavy atom. The maximum absolute atomic E-state index is 12.1.